The average Bonchev–Trinajstić information content (AvgIpc) is 3.23. The van der Waals surface area contributed by atoms with E-state index in [1.807, 2.05) is 4.68 Å². The maximum absolute atomic E-state index is 12.3. The fourth-order valence-corrected chi connectivity index (χ4v) is 4.13. The van der Waals surface area contributed by atoms with E-state index in [9.17, 15) is 4.79 Å². The summed E-state index contributed by atoms with van der Waals surface area (Å²) in [4.78, 5) is 12.3. The van der Waals surface area contributed by atoms with Crippen molar-refractivity contribution in [1.29, 1.82) is 0 Å². The Balaban J connectivity index is 1.52. The van der Waals surface area contributed by atoms with Crippen LogP contribution in [0.4, 0.5) is 0 Å². The van der Waals surface area contributed by atoms with Gasteiger partial charge in [-0.15, -0.1) is 5.10 Å². The fraction of sp³-hybridized carbons (Fsp3) is 0.875. The van der Waals surface area contributed by atoms with Crippen LogP contribution in [0.15, 0.2) is 5.16 Å². The molecule has 0 spiro atoms. The van der Waals surface area contributed by atoms with Gasteiger partial charge in [0.1, 0.15) is 6.10 Å². The summed E-state index contributed by atoms with van der Waals surface area (Å²) in [7, 11) is 0. The molecule has 0 bridgehead atoms. The minimum Gasteiger partial charge on any atom is -0.461 e. The van der Waals surface area contributed by atoms with Gasteiger partial charge in [-0.3, -0.25) is 4.79 Å². The molecule has 0 radical (unpaired) electrons. The smallest absolute Gasteiger partial charge is 0.316 e. The summed E-state index contributed by atoms with van der Waals surface area (Å²) in [5.41, 5.74) is 0. The highest BCUT2D eigenvalue weighted by atomic mass is 32.2. The van der Waals surface area contributed by atoms with E-state index in [1.165, 1.54) is 18.2 Å². The quantitative estimate of drug-likeness (QED) is 0.586. The zero-order valence-electron chi connectivity index (χ0n) is 14.1. The normalized spacial score (nSPS) is 28.1. The molecule has 0 N–H and O–H groups in total. The molecule has 1 aromatic rings. The highest BCUT2D eigenvalue weighted by Gasteiger charge is 2.33. The standard InChI is InChI=1S/C16H26N4O2S/c1-10(2)13-7-4-11(3)8-14(13)22-15(21)9-23-16-17-18-19-20(16)12-5-6-12/h10-14H,4-9H2,1-3H3. The zero-order chi connectivity index (χ0) is 16.4. The monoisotopic (exact) mass is 338 g/mol. The summed E-state index contributed by atoms with van der Waals surface area (Å²) >= 11 is 1.38. The van der Waals surface area contributed by atoms with Crippen molar-refractivity contribution in [2.75, 3.05) is 5.75 Å². The van der Waals surface area contributed by atoms with Crippen molar-refractivity contribution in [3.05, 3.63) is 0 Å². The third kappa shape index (κ3) is 4.25. The minimum absolute atomic E-state index is 0.0614. The first-order valence-corrected chi connectivity index (χ1v) is 9.63. The first-order valence-electron chi connectivity index (χ1n) is 8.64. The van der Waals surface area contributed by atoms with Gasteiger partial charge < -0.3 is 4.74 Å². The summed E-state index contributed by atoms with van der Waals surface area (Å²) in [6.45, 7) is 6.69. The van der Waals surface area contributed by atoms with E-state index in [-0.39, 0.29) is 17.8 Å². The molecule has 7 heteroatoms. The molecule has 1 heterocycles. The minimum atomic E-state index is -0.148. The summed E-state index contributed by atoms with van der Waals surface area (Å²) in [6.07, 6.45) is 5.69. The molecule has 0 amide bonds. The second kappa shape index (κ2) is 7.20. The second-order valence-corrected chi connectivity index (χ2v) is 8.22. The van der Waals surface area contributed by atoms with Crippen molar-refractivity contribution < 1.29 is 9.53 Å². The molecule has 1 aromatic heterocycles. The number of aromatic nitrogens is 4. The first-order chi connectivity index (χ1) is 11.0. The van der Waals surface area contributed by atoms with E-state index >= 15 is 0 Å². The Kier molecular flexibility index (Phi) is 5.24. The number of carbonyl (C=O) groups is 1. The van der Waals surface area contributed by atoms with Crippen LogP contribution in [0.2, 0.25) is 0 Å². The summed E-state index contributed by atoms with van der Waals surface area (Å²) < 4.78 is 7.64. The van der Waals surface area contributed by atoms with Crippen LogP contribution in [0.5, 0.6) is 0 Å². The average molecular weight is 338 g/mol. The number of rotatable bonds is 6. The molecule has 3 atom stereocenters. The lowest BCUT2D eigenvalue weighted by molar-refractivity contribution is -0.152. The van der Waals surface area contributed by atoms with Gasteiger partial charge in [0.25, 0.3) is 0 Å². The number of ether oxygens (including phenoxy) is 1. The van der Waals surface area contributed by atoms with Crippen molar-refractivity contribution in [2.24, 2.45) is 17.8 Å². The molecule has 3 unspecified atom stereocenters. The number of hydrogen-bond donors (Lipinski definition) is 0. The number of hydrogen-bond acceptors (Lipinski definition) is 6. The lowest BCUT2D eigenvalue weighted by atomic mass is 9.75. The molecule has 0 aromatic carbocycles. The molecular weight excluding hydrogens is 312 g/mol. The van der Waals surface area contributed by atoms with E-state index < -0.39 is 0 Å². The van der Waals surface area contributed by atoms with Gasteiger partial charge in [0.15, 0.2) is 0 Å². The van der Waals surface area contributed by atoms with Gasteiger partial charge in [0.05, 0.1) is 11.8 Å². The first kappa shape index (κ1) is 16.7. The van der Waals surface area contributed by atoms with Gasteiger partial charge in [-0.2, -0.15) is 0 Å². The molecule has 2 saturated carbocycles. The summed E-state index contributed by atoms with van der Waals surface area (Å²) in [5.74, 6) is 1.80. The van der Waals surface area contributed by atoms with Gasteiger partial charge in [-0.05, 0) is 53.9 Å². The van der Waals surface area contributed by atoms with Crippen molar-refractivity contribution in [1.82, 2.24) is 20.2 Å². The van der Waals surface area contributed by atoms with Crippen LogP contribution in [0.3, 0.4) is 0 Å². The van der Waals surface area contributed by atoms with Gasteiger partial charge in [0.2, 0.25) is 5.16 Å². The predicted octanol–water partition coefficient (Wildman–Crippen LogP) is 3.10. The highest BCUT2D eigenvalue weighted by Crippen LogP contribution is 2.37. The molecule has 2 aliphatic rings. The molecule has 2 fully saturated rings. The van der Waals surface area contributed by atoms with Crippen molar-refractivity contribution in [2.45, 2.75) is 70.2 Å². The Morgan fingerprint density at radius 2 is 2.13 bits per heavy atom. The SMILES string of the molecule is CC1CCC(C(C)C)C(OC(=O)CSc2nnnn2C2CC2)C1. The molecule has 6 nitrogen and oxygen atoms in total. The molecule has 0 saturated heterocycles. The van der Waals surface area contributed by atoms with Gasteiger partial charge in [-0.1, -0.05) is 39.0 Å². The lowest BCUT2D eigenvalue weighted by Gasteiger charge is -2.36. The van der Waals surface area contributed by atoms with E-state index in [2.05, 4.69) is 36.3 Å². The van der Waals surface area contributed by atoms with E-state index in [1.54, 1.807) is 0 Å². The van der Waals surface area contributed by atoms with Crippen LogP contribution >= 0.6 is 11.8 Å². The Bertz CT molecular complexity index is 544. The largest absolute Gasteiger partial charge is 0.461 e. The Morgan fingerprint density at radius 3 is 2.83 bits per heavy atom. The maximum Gasteiger partial charge on any atom is 0.316 e. The van der Waals surface area contributed by atoms with Crippen LogP contribution in [-0.4, -0.2) is 38.0 Å². The van der Waals surface area contributed by atoms with Crippen LogP contribution in [-0.2, 0) is 9.53 Å². The number of carbonyl (C=O) groups excluding carboxylic acids is 1. The van der Waals surface area contributed by atoms with E-state index in [0.717, 1.165) is 30.8 Å². The van der Waals surface area contributed by atoms with Crippen LogP contribution in [0, 0.1) is 17.8 Å². The van der Waals surface area contributed by atoms with Crippen LogP contribution < -0.4 is 0 Å². The molecule has 23 heavy (non-hydrogen) atoms. The fourth-order valence-electron chi connectivity index (χ4n) is 3.41. The topological polar surface area (TPSA) is 69.9 Å². The highest BCUT2D eigenvalue weighted by molar-refractivity contribution is 7.99. The second-order valence-electron chi connectivity index (χ2n) is 7.28. The van der Waals surface area contributed by atoms with Crippen molar-refractivity contribution in [3.8, 4) is 0 Å². The molecule has 2 aliphatic carbocycles. The number of esters is 1. The zero-order valence-corrected chi connectivity index (χ0v) is 15.0. The predicted molar refractivity (Wildman–Crippen MR) is 88.0 cm³/mol. The molecule has 128 valence electrons. The van der Waals surface area contributed by atoms with Crippen LogP contribution in [0.25, 0.3) is 0 Å². The Hall–Kier alpha value is -1.11. The summed E-state index contributed by atoms with van der Waals surface area (Å²) in [5, 5.41) is 12.4. The third-order valence-electron chi connectivity index (χ3n) is 4.92. The molecular formula is C16H26N4O2S. The molecule has 0 aliphatic heterocycles. The van der Waals surface area contributed by atoms with Gasteiger partial charge in [0, 0.05) is 0 Å². The Labute approximate surface area is 141 Å². The number of thioether (sulfide) groups is 1. The number of tetrazole rings is 1. The van der Waals surface area contributed by atoms with E-state index in [0.29, 0.717) is 23.8 Å². The third-order valence-corrected chi connectivity index (χ3v) is 5.83. The summed E-state index contributed by atoms with van der Waals surface area (Å²) in [6, 6.07) is 0.424. The maximum atomic E-state index is 12.3. The molecule has 3 rings (SSSR count). The van der Waals surface area contributed by atoms with Crippen LogP contribution in [0.1, 0.15) is 58.9 Å². The lowest BCUT2D eigenvalue weighted by Crippen LogP contribution is -2.36. The van der Waals surface area contributed by atoms with Crippen molar-refractivity contribution >= 4 is 17.7 Å². The Morgan fingerprint density at radius 1 is 1.35 bits per heavy atom. The van der Waals surface area contributed by atoms with Crippen molar-refractivity contribution in [3.63, 3.8) is 0 Å². The van der Waals surface area contributed by atoms with Gasteiger partial charge in [-0.25, -0.2) is 4.68 Å². The van der Waals surface area contributed by atoms with Gasteiger partial charge >= 0.3 is 5.97 Å². The number of nitrogens with zero attached hydrogens (tertiary/aromatic N) is 4. The van der Waals surface area contributed by atoms with E-state index in [4.69, 9.17) is 4.74 Å².